The molecule has 0 aromatic carbocycles. The van der Waals surface area contributed by atoms with Crippen LogP contribution in [0.4, 0.5) is 0 Å². The first-order valence-electron chi connectivity index (χ1n) is 4.73. The highest BCUT2D eigenvalue weighted by molar-refractivity contribution is 6.76. The highest BCUT2D eigenvalue weighted by Gasteiger charge is 2.40. The predicted molar refractivity (Wildman–Crippen MR) is 59.9 cm³/mol. The van der Waals surface area contributed by atoms with E-state index in [4.69, 9.17) is 34.8 Å². The summed E-state index contributed by atoms with van der Waals surface area (Å²) in [5, 5.41) is 0. The van der Waals surface area contributed by atoms with E-state index in [2.05, 4.69) is 0 Å². The van der Waals surface area contributed by atoms with Crippen molar-refractivity contribution in [2.45, 2.75) is 49.0 Å². The van der Waals surface area contributed by atoms with Crippen molar-refractivity contribution in [1.29, 1.82) is 0 Å². The molecule has 1 aliphatic rings. The first kappa shape index (κ1) is 12.4. The minimum absolute atomic E-state index is 0.168. The van der Waals surface area contributed by atoms with Crippen molar-refractivity contribution in [2.75, 3.05) is 0 Å². The lowest BCUT2D eigenvalue weighted by atomic mass is 9.97. The second-order valence-corrected chi connectivity index (χ2v) is 6.12. The lowest BCUT2D eigenvalue weighted by Gasteiger charge is -2.40. The number of nitrogens with zero attached hydrogens (tertiary/aromatic N) is 1. The lowest BCUT2D eigenvalue weighted by molar-refractivity contribution is -0.136. The summed E-state index contributed by atoms with van der Waals surface area (Å²) < 4.78 is -1.82. The lowest BCUT2D eigenvalue weighted by Crippen LogP contribution is -2.51. The van der Waals surface area contributed by atoms with Gasteiger partial charge in [-0.1, -0.05) is 34.8 Å². The molecule has 0 aliphatic carbocycles. The highest BCUT2D eigenvalue weighted by atomic mass is 35.6. The molecule has 2 nitrogen and oxygen atoms in total. The van der Waals surface area contributed by atoms with E-state index < -0.39 is 9.70 Å². The van der Waals surface area contributed by atoms with Crippen LogP contribution in [0.1, 0.15) is 33.1 Å². The van der Waals surface area contributed by atoms with Crippen molar-refractivity contribution in [3.8, 4) is 0 Å². The largest absolute Gasteiger partial charge is 0.334 e. The molecular formula is C9H14Cl3NO. The van der Waals surface area contributed by atoms with Crippen LogP contribution in [0.3, 0.4) is 0 Å². The Hall–Kier alpha value is 0.340. The number of amides is 1. The quantitative estimate of drug-likeness (QED) is 0.611. The zero-order valence-electron chi connectivity index (χ0n) is 8.27. The minimum atomic E-state index is -1.82. The van der Waals surface area contributed by atoms with Gasteiger partial charge < -0.3 is 4.90 Å². The average Bonchev–Trinajstić information content (AvgIpc) is 2.01. The van der Waals surface area contributed by atoms with Gasteiger partial charge in [-0.2, -0.15) is 0 Å². The zero-order chi connectivity index (χ0) is 10.9. The summed E-state index contributed by atoms with van der Waals surface area (Å²) in [6.07, 6.45) is 3.10. The SMILES string of the molecule is C[C@H]1CCC[C@H](C)N1C(=O)C(Cl)(Cl)Cl. The molecular weight excluding hydrogens is 244 g/mol. The van der Waals surface area contributed by atoms with Crippen LogP contribution in [0, 0.1) is 0 Å². The first-order chi connectivity index (χ1) is 6.34. The molecule has 1 heterocycles. The minimum Gasteiger partial charge on any atom is -0.334 e. The predicted octanol–water partition coefficient (Wildman–Crippen LogP) is 3.15. The second-order valence-electron chi connectivity index (χ2n) is 3.84. The Morgan fingerprint density at radius 1 is 1.21 bits per heavy atom. The van der Waals surface area contributed by atoms with Gasteiger partial charge in [-0.15, -0.1) is 0 Å². The maximum Gasteiger partial charge on any atom is 0.275 e. The van der Waals surface area contributed by atoms with Crippen LogP contribution < -0.4 is 0 Å². The van der Waals surface area contributed by atoms with Gasteiger partial charge in [0.25, 0.3) is 9.70 Å². The second kappa shape index (κ2) is 4.46. The number of rotatable bonds is 0. The van der Waals surface area contributed by atoms with Gasteiger partial charge >= 0.3 is 0 Å². The van der Waals surface area contributed by atoms with Gasteiger partial charge in [-0.25, -0.2) is 0 Å². The summed E-state index contributed by atoms with van der Waals surface area (Å²) in [6, 6.07) is 0.337. The van der Waals surface area contributed by atoms with Gasteiger partial charge in [0, 0.05) is 12.1 Å². The van der Waals surface area contributed by atoms with Crippen LogP contribution in [0.15, 0.2) is 0 Å². The van der Waals surface area contributed by atoms with Gasteiger partial charge in [-0.05, 0) is 33.1 Å². The number of alkyl halides is 3. The van der Waals surface area contributed by atoms with Gasteiger partial charge in [0.2, 0.25) is 0 Å². The van der Waals surface area contributed by atoms with Crippen LogP contribution in [0.5, 0.6) is 0 Å². The third-order valence-corrected chi connectivity index (χ3v) is 3.16. The van der Waals surface area contributed by atoms with Crippen molar-refractivity contribution in [2.24, 2.45) is 0 Å². The molecule has 0 radical (unpaired) electrons. The number of carbonyl (C=O) groups excluding carboxylic acids is 1. The fourth-order valence-corrected chi connectivity index (χ4v) is 2.26. The number of hydrogen-bond donors (Lipinski definition) is 0. The Bertz CT molecular complexity index is 217. The van der Waals surface area contributed by atoms with Crippen LogP contribution >= 0.6 is 34.8 Å². The Morgan fingerprint density at radius 3 is 2.00 bits per heavy atom. The van der Waals surface area contributed by atoms with Crippen molar-refractivity contribution >= 4 is 40.7 Å². The Labute approximate surface area is 99.5 Å². The summed E-state index contributed by atoms with van der Waals surface area (Å²) >= 11 is 16.8. The molecule has 0 aromatic rings. The molecule has 1 fully saturated rings. The van der Waals surface area contributed by atoms with E-state index >= 15 is 0 Å². The molecule has 0 unspecified atom stereocenters. The molecule has 0 aromatic heterocycles. The monoisotopic (exact) mass is 257 g/mol. The molecule has 1 saturated heterocycles. The van der Waals surface area contributed by atoms with E-state index in [1.54, 1.807) is 4.90 Å². The number of likely N-dealkylation sites (tertiary alicyclic amines) is 1. The Kier molecular flexibility index (Phi) is 3.95. The molecule has 14 heavy (non-hydrogen) atoms. The molecule has 0 saturated carbocycles. The summed E-state index contributed by atoms with van der Waals surface area (Å²) in [4.78, 5) is 13.5. The van der Waals surface area contributed by atoms with E-state index in [1.807, 2.05) is 13.8 Å². The topological polar surface area (TPSA) is 20.3 Å². The van der Waals surface area contributed by atoms with E-state index in [1.165, 1.54) is 0 Å². The van der Waals surface area contributed by atoms with Crippen molar-refractivity contribution in [3.63, 3.8) is 0 Å². The van der Waals surface area contributed by atoms with Crippen LogP contribution in [-0.4, -0.2) is 26.7 Å². The van der Waals surface area contributed by atoms with Crippen LogP contribution in [0.25, 0.3) is 0 Å². The Balaban J connectivity index is 2.78. The third kappa shape index (κ3) is 2.68. The molecule has 0 N–H and O–H groups in total. The fraction of sp³-hybridized carbons (Fsp3) is 0.889. The number of hydrogen-bond acceptors (Lipinski definition) is 1. The average molecular weight is 259 g/mol. The molecule has 5 heteroatoms. The van der Waals surface area contributed by atoms with Crippen LogP contribution in [0.2, 0.25) is 0 Å². The summed E-state index contributed by atoms with van der Waals surface area (Å²) in [5.74, 6) is -0.401. The molecule has 82 valence electrons. The Morgan fingerprint density at radius 2 is 1.64 bits per heavy atom. The van der Waals surface area contributed by atoms with Gasteiger partial charge in [0.15, 0.2) is 0 Å². The summed E-state index contributed by atoms with van der Waals surface area (Å²) in [6.45, 7) is 3.98. The summed E-state index contributed by atoms with van der Waals surface area (Å²) in [5.41, 5.74) is 0. The number of carbonyl (C=O) groups is 1. The number of halogens is 3. The van der Waals surface area contributed by atoms with Crippen molar-refractivity contribution in [3.05, 3.63) is 0 Å². The smallest absolute Gasteiger partial charge is 0.275 e. The van der Waals surface area contributed by atoms with E-state index in [0.29, 0.717) is 0 Å². The van der Waals surface area contributed by atoms with E-state index in [0.717, 1.165) is 19.3 Å². The summed E-state index contributed by atoms with van der Waals surface area (Å²) in [7, 11) is 0. The molecule has 0 bridgehead atoms. The van der Waals surface area contributed by atoms with E-state index in [9.17, 15) is 4.79 Å². The van der Waals surface area contributed by atoms with Crippen molar-refractivity contribution in [1.82, 2.24) is 4.90 Å². The van der Waals surface area contributed by atoms with Crippen LogP contribution in [-0.2, 0) is 4.79 Å². The zero-order valence-corrected chi connectivity index (χ0v) is 10.5. The maximum absolute atomic E-state index is 11.8. The first-order valence-corrected chi connectivity index (χ1v) is 5.87. The fourth-order valence-electron chi connectivity index (χ4n) is 1.97. The molecule has 2 atom stereocenters. The highest BCUT2D eigenvalue weighted by Crippen LogP contribution is 2.33. The van der Waals surface area contributed by atoms with Gasteiger partial charge in [0.05, 0.1) is 0 Å². The van der Waals surface area contributed by atoms with Crippen molar-refractivity contribution < 1.29 is 4.79 Å². The van der Waals surface area contributed by atoms with Gasteiger partial charge in [-0.3, -0.25) is 4.79 Å². The maximum atomic E-state index is 11.8. The molecule has 0 spiro atoms. The normalized spacial score (nSPS) is 29.1. The number of piperidine rings is 1. The van der Waals surface area contributed by atoms with Gasteiger partial charge in [0.1, 0.15) is 0 Å². The standard InChI is InChI=1S/C9H14Cl3NO/c1-6-4-3-5-7(2)13(6)8(14)9(10,11)12/h6-7H,3-5H2,1-2H3/t6-,7-/m0/s1. The van der Waals surface area contributed by atoms with E-state index in [-0.39, 0.29) is 12.1 Å². The molecule has 1 rings (SSSR count). The molecule has 1 aliphatic heterocycles. The molecule has 1 amide bonds. The third-order valence-electron chi connectivity index (χ3n) is 2.67.